The second-order valence-corrected chi connectivity index (χ2v) is 4.96. The van der Waals surface area contributed by atoms with Crippen LogP contribution in [0, 0.1) is 5.41 Å². The number of likely N-dealkylation sites (tertiary alicyclic amines) is 1. The number of rotatable bonds is 5. The van der Waals surface area contributed by atoms with Crippen molar-refractivity contribution in [1.29, 1.82) is 0 Å². The molecule has 1 aliphatic heterocycles. The molecule has 98 valence electrons. The molecule has 0 saturated carbocycles. The van der Waals surface area contributed by atoms with Gasteiger partial charge in [-0.15, -0.1) is 0 Å². The molecule has 1 rings (SSSR count). The summed E-state index contributed by atoms with van der Waals surface area (Å²) in [7, 11) is 0. The largest absolute Gasteiger partial charge is 0.481 e. The fraction of sp³-hybridized carbons (Fsp3) is 0.833. The zero-order valence-corrected chi connectivity index (χ0v) is 10.7. The standard InChI is InChI=1S/C12H21NO4/c1-4-9(2)17-7-10(14)13-6-5-12(3,8-13)11(15)16/h9H,4-8H2,1-3H3,(H,15,16). The molecule has 1 saturated heterocycles. The fourth-order valence-corrected chi connectivity index (χ4v) is 1.77. The van der Waals surface area contributed by atoms with Crippen LogP contribution < -0.4 is 0 Å². The van der Waals surface area contributed by atoms with Crippen molar-refractivity contribution in [3.8, 4) is 0 Å². The SMILES string of the molecule is CCC(C)OCC(=O)N1CCC(C)(C(=O)O)C1. The molecule has 0 bridgehead atoms. The third-order valence-electron chi connectivity index (χ3n) is 3.41. The first kappa shape index (κ1) is 14.0. The van der Waals surface area contributed by atoms with Gasteiger partial charge >= 0.3 is 5.97 Å². The van der Waals surface area contributed by atoms with Crippen molar-refractivity contribution in [1.82, 2.24) is 4.90 Å². The number of carbonyl (C=O) groups is 2. The minimum absolute atomic E-state index is 0.0463. The lowest BCUT2D eigenvalue weighted by Crippen LogP contribution is -2.37. The van der Waals surface area contributed by atoms with Crippen LogP contribution in [0.3, 0.4) is 0 Å². The Kier molecular flexibility index (Phi) is 4.51. The molecule has 1 aliphatic rings. The van der Waals surface area contributed by atoms with Gasteiger partial charge in [-0.05, 0) is 26.7 Å². The van der Waals surface area contributed by atoms with E-state index in [0.29, 0.717) is 13.0 Å². The van der Waals surface area contributed by atoms with Gasteiger partial charge in [0.2, 0.25) is 5.91 Å². The van der Waals surface area contributed by atoms with Crippen LogP contribution in [0.25, 0.3) is 0 Å². The zero-order valence-electron chi connectivity index (χ0n) is 10.7. The topological polar surface area (TPSA) is 66.8 Å². The van der Waals surface area contributed by atoms with Crippen LogP contribution in [0.4, 0.5) is 0 Å². The highest BCUT2D eigenvalue weighted by atomic mass is 16.5. The monoisotopic (exact) mass is 243 g/mol. The highest BCUT2D eigenvalue weighted by Gasteiger charge is 2.41. The maximum absolute atomic E-state index is 11.8. The molecule has 1 heterocycles. The Morgan fingerprint density at radius 1 is 1.53 bits per heavy atom. The molecule has 1 amide bonds. The molecular formula is C12H21NO4. The number of hydrogen-bond donors (Lipinski definition) is 1. The Balaban J connectivity index is 2.43. The number of carboxylic acids is 1. The van der Waals surface area contributed by atoms with Gasteiger partial charge in [0.25, 0.3) is 0 Å². The Hall–Kier alpha value is -1.10. The first-order valence-electron chi connectivity index (χ1n) is 6.02. The van der Waals surface area contributed by atoms with Crippen molar-refractivity contribution in [3.63, 3.8) is 0 Å². The summed E-state index contributed by atoms with van der Waals surface area (Å²) in [4.78, 5) is 24.4. The predicted octanol–water partition coefficient (Wildman–Crippen LogP) is 1.12. The fourth-order valence-electron chi connectivity index (χ4n) is 1.77. The van der Waals surface area contributed by atoms with Crippen molar-refractivity contribution < 1.29 is 19.4 Å². The van der Waals surface area contributed by atoms with E-state index < -0.39 is 11.4 Å². The van der Waals surface area contributed by atoms with Crippen LogP contribution in [0.2, 0.25) is 0 Å². The van der Waals surface area contributed by atoms with Crippen LogP contribution in [-0.2, 0) is 14.3 Å². The van der Waals surface area contributed by atoms with Crippen LogP contribution in [0.5, 0.6) is 0 Å². The Labute approximate surface area is 102 Å². The maximum Gasteiger partial charge on any atom is 0.311 e. The summed E-state index contributed by atoms with van der Waals surface area (Å²) in [6.07, 6.45) is 1.43. The Bertz CT molecular complexity index is 305. The molecule has 0 aromatic carbocycles. The summed E-state index contributed by atoms with van der Waals surface area (Å²) in [6.45, 7) is 6.42. The van der Waals surface area contributed by atoms with Crippen LogP contribution in [-0.4, -0.2) is 47.7 Å². The summed E-state index contributed by atoms with van der Waals surface area (Å²) in [5.41, 5.74) is -0.800. The van der Waals surface area contributed by atoms with Gasteiger partial charge in [-0.1, -0.05) is 6.92 Å². The van der Waals surface area contributed by atoms with Gasteiger partial charge in [-0.25, -0.2) is 0 Å². The number of aliphatic carboxylic acids is 1. The molecule has 0 spiro atoms. The normalized spacial score (nSPS) is 25.9. The van der Waals surface area contributed by atoms with Gasteiger partial charge in [-0.2, -0.15) is 0 Å². The number of carbonyl (C=O) groups excluding carboxylic acids is 1. The second kappa shape index (κ2) is 5.49. The van der Waals surface area contributed by atoms with Crippen LogP contribution in [0.15, 0.2) is 0 Å². The van der Waals surface area contributed by atoms with Gasteiger partial charge < -0.3 is 14.7 Å². The van der Waals surface area contributed by atoms with E-state index in [9.17, 15) is 9.59 Å². The zero-order chi connectivity index (χ0) is 13.1. The Morgan fingerprint density at radius 2 is 2.18 bits per heavy atom. The smallest absolute Gasteiger partial charge is 0.311 e. The lowest BCUT2D eigenvalue weighted by molar-refractivity contribution is -0.147. The van der Waals surface area contributed by atoms with E-state index in [0.717, 1.165) is 6.42 Å². The van der Waals surface area contributed by atoms with Crippen molar-refractivity contribution in [3.05, 3.63) is 0 Å². The average Bonchev–Trinajstić information content (AvgIpc) is 2.69. The van der Waals surface area contributed by atoms with E-state index in [2.05, 4.69) is 0 Å². The van der Waals surface area contributed by atoms with Crippen molar-refractivity contribution in [2.75, 3.05) is 19.7 Å². The van der Waals surface area contributed by atoms with E-state index in [1.54, 1.807) is 11.8 Å². The number of amides is 1. The molecule has 0 radical (unpaired) electrons. The first-order chi connectivity index (χ1) is 7.89. The highest BCUT2D eigenvalue weighted by Crippen LogP contribution is 2.30. The van der Waals surface area contributed by atoms with Crippen molar-refractivity contribution in [2.45, 2.75) is 39.7 Å². The van der Waals surface area contributed by atoms with Gasteiger partial charge in [-0.3, -0.25) is 9.59 Å². The molecule has 17 heavy (non-hydrogen) atoms. The van der Waals surface area contributed by atoms with E-state index in [-0.39, 0.29) is 25.2 Å². The molecule has 5 heteroatoms. The van der Waals surface area contributed by atoms with E-state index >= 15 is 0 Å². The highest BCUT2D eigenvalue weighted by molar-refractivity contribution is 5.81. The van der Waals surface area contributed by atoms with Crippen LogP contribution in [0.1, 0.15) is 33.6 Å². The van der Waals surface area contributed by atoms with E-state index in [1.165, 1.54) is 0 Å². The van der Waals surface area contributed by atoms with E-state index in [1.807, 2.05) is 13.8 Å². The van der Waals surface area contributed by atoms with Gasteiger partial charge in [0.15, 0.2) is 0 Å². The third kappa shape index (κ3) is 3.43. The summed E-state index contributed by atoms with van der Waals surface area (Å²) in [6, 6.07) is 0. The first-order valence-corrected chi connectivity index (χ1v) is 6.02. The van der Waals surface area contributed by atoms with Crippen molar-refractivity contribution >= 4 is 11.9 Å². The number of ether oxygens (including phenoxy) is 1. The van der Waals surface area contributed by atoms with Gasteiger partial charge in [0.05, 0.1) is 11.5 Å². The summed E-state index contributed by atoms with van der Waals surface area (Å²) >= 11 is 0. The molecule has 1 fully saturated rings. The number of hydrogen-bond acceptors (Lipinski definition) is 3. The number of carboxylic acid groups (broad SMARTS) is 1. The molecule has 1 N–H and O–H groups in total. The summed E-state index contributed by atoms with van der Waals surface area (Å²) < 4.78 is 5.36. The molecule has 2 unspecified atom stereocenters. The summed E-state index contributed by atoms with van der Waals surface area (Å²) in [5, 5.41) is 9.06. The van der Waals surface area contributed by atoms with Gasteiger partial charge in [0.1, 0.15) is 6.61 Å². The maximum atomic E-state index is 11.8. The summed E-state index contributed by atoms with van der Waals surface area (Å²) in [5.74, 6) is -0.953. The van der Waals surface area contributed by atoms with Crippen LogP contribution >= 0.6 is 0 Å². The second-order valence-electron chi connectivity index (χ2n) is 4.96. The van der Waals surface area contributed by atoms with Crippen molar-refractivity contribution in [2.24, 2.45) is 5.41 Å². The van der Waals surface area contributed by atoms with Gasteiger partial charge in [0, 0.05) is 13.1 Å². The minimum atomic E-state index is -0.837. The number of nitrogens with zero attached hydrogens (tertiary/aromatic N) is 1. The average molecular weight is 243 g/mol. The lowest BCUT2D eigenvalue weighted by Gasteiger charge is -2.20. The third-order valence-corrected chi connectivity index (χ3v) is 3.41. The molecule has 2 atom stereocenters. The van der Waals surface area contributed by atoms with E-state index in [4.69, 9.17) is 9.84 Å². The Morgan fingerprint density at radius 3 is 2.65 bits per heavy atom. The lowest BCUT2D eigenvalue weighted by atomic mass is 9.90. The molecular weight excluding hydrogens is 222 g/mol. The molecule has 5 nitrogen and oxygen atoms in total. The predicted molar refractivity (Wildman–Crippen MR) is 62.6 cm³/mol. The molecule has 0 aromatic heterocycles. The molecule has 0 aliphatic carbocycles. The quantitative estimate of drug-likeness (QED) is 0.786. The molecule has 0 aromatic rings. The minimum Gasteiger partial charge on any atom is -0.481 e.